The predicted molar refractivity (Wildman–Crippen MR) is 68.3 cm³/mol. The quantitative estimate of drug-likeness (QED) is 0.524. The van der Waals surface area contributed by atoms with E-state index in [0.717, 1.165) is 32.1 Å². The van der Waals surface area contributed by atoms with Gasteiger partial charge in [0.1, 0.15) is 0 Å². The first kappa shape index (κ1) is 14.1. The summed E-state index contributed by atoms with van der Waals surface area (Å²) in [6.07, 6.45) is 12.6. The van der Waals surface area contributed by atoms with Gasteiger partial charge in [-0.05, 0) is 25.7 Å². The zero-order valence-electron chi connectivity index (χ0n) is 10.5. The fraction of sp³-hybridized carbons (Fsp3) is 0.786. The zero-order chi connectivity index (χ0) is 12.6. The van der Waals surface area contributed by atoms with Crippen molar-refractivity contribution in [1.82, 2.24) is 5.32 Å². The molecule has 0 radical (unpaired) electrons. The molecule has 0 saturated heterocycles. The molecule has 96 valence electrons. The van der Waals surface area contributed by atoms with Crippen molar-refractivity contribution in [2.45, 2.75) is 51.4 Å². The molecule has 0 unspecified atom stereocenters. The number of hydrogen-bond acceptors (Lipinski definition) is 2. The molecule has 1 fully saturated rings. The number of carbonyl (C=O) groups is 1. The Bertz CT molecular complexity index is 274. The Morgan fingerprint density at radius 1 is 1.35 bits per heavy atom. The Balaban J connectivity index is 2.16. The van der Waals surface area contributed by atoms with Crippen molar-refractivity contribution in [3.05, 3.63) is 0 Å². The van der Waals surface area contributed by atoms with Crippen LogP contribution in [0.25, 0.3) is 0 Å². The highest BCUT2D eigenvalue weighted by molar-refractivity contribution is 5.75. The minimum Gasteiger partial charge on any atom is -0.396 e. The molecule has 3 heteroatoms. The summed E-state index contributed by atoms with van der Waals surface area (Å²) in [6.45, 7) is 0.807. The van der Waals surface area contributed by atoms with Crippen molar-refractivity contribution in [2.75, 3.05) is 13.2 Å². The molecule has 0 aliphatic heterocycles. The molecule has 1 aliphatic rings. The molecule has 1 amide bonds. The third kappa shape index (κ3) is 4.79. The second-order valence-electron chi connectivity index (χ2n) is 5.05. The van der Waals surface area contributed by atoms with Gasteiger partial charge in [0.05, 0.1) is 6.61 Å². The molecule has 0 heterocycles. The molecule has 17 heavy (non-hydrogen) atoms. The lowest BCUT2D eigenvalue weighted by Crippen LogP contribution is -2.38. The number of terminal acetylenes is 1. The average molecular weight is 237 g/mol. The summed E-state index contributed by atoms with van der Waals surface area (Å²) in [5.74, 6) is 2.65. The molecule has 0 aromatic heterocycles. The standard InChI is InChI=1S/C14H23NO2/c1-2-3-4-5-8-13(17)15-11-14(12-16)9-6-7-10-14/h1,16H,3-12H2,(H,15,17). The molecule has 0 spiro atoms. The molecule has 1 saturated carbocycles. The Morgan fingerprint density at radius 3 is 2.65 bits per heavy atom. The van der Waals surface area contributed by atoms with Gasteiger partial charge in [0.2, 0.25) is 5.91 Å². The number of carbonyl (C=O) groups excluding carboxylic acids is 1. The normalized spacial score (nSPS) is 17.6. The van der Waals surface area contributed by atoms with Gasteiger partial charge in [-0.2, -0.15) is 0 Å². The molecular formula is C14H23NO2. The van der Waals surface area contributed by atoms with E-state index in [0.29, 0.717) is 13.0 Å². The average Bonchev–Trinajstić information content (AvgIpc) is 2.82. The van der Waals surface area contributed by atoms with Crippen LogP contribution in [-0.4, -0.2) is 24.2 Å². The van der Waals surface area contributed by atoms with E-state index in [2.05, 4.69) is 11.2 Å². The third-order valence-electron chi connectivity index (χ3n) is 3.64. The van der Waals surface area contributed by atoms with E-state index in [9.17, 15) is 9.90 Å². The number of amides is 1. The molecule has 2 N–H and O–H groups in total. The second-order valence-corrected chi connectivity index (χ2v) is 5.05. The van der Waals surface area contributed by atoms with Crippen LogP contribution in [0.1, 0.15) is 51.4 Å². The summed E-state index contributed by atoms with van der Waals surface area (Å²) in [5, 5.41) is 12.3. The zero-order valence-corrected chi connectivity index (χ0v) is 10.5. The molecule has 1 rings (SSSR count). The van der Waals surface area contributed by atoms with Crippen LogP contribution in [0.5, 0.6) is 0 Å². The monoisotopic (exact) mass is 237 g/mol. The highest BCUT2D eigenvalue weighted by Crippen LogP contribution is 2.36. The maximum absolute atomic E-state index is 11.6. The Hall–Kier alpha value is -1.01. The van der Waals surface area contributed by atoms with E-state index in [4.69, 9.17) is 6.42 Å². The molecule has 1 aliphatic carbocycles. The first-order valence-electron chi connectivity index (χ1n) is 6.53. The maximum Gasteiger partial charge on any atom is 0.220 e. The fourth-order valence-corrected chi connectivity index (χ4v) is 2.40. The summed E-state index contributed by atoms with van der Waals surface area (Å²) < 4.78 is 0. The van der Waals surface area contributed by atoms with Crippen molar-refractivity contribution in [3.63, 3.8) is 0 Å². The van der Waals surface area contributed by atoms with Gasteiger partial charge in [0, 0.05) is 24.8 Å². The van der Waals surface area contributed by atoms with Gasteiger partial charge in [-0.1, -0.05) is 12.8 Å². The highest BCUT2D eigenvalue weighted by Gasteiger charge is 2.33. The first-order valence-corrected chi connectivity index (χ1v) is 6.53. The van der Waals surface area contributed by atoms with Crippen LogP contribution >= 0.6 is 0 Å². The van der Waals surface area contributed by atoms with Crippen LogP contribution in [0.2, 0.25) is 0 Å². The molecule has 0 aromatic rings. The Labute approximate surface area is 104 Å². The summed E-state index contributed by atoms with van der Waals surface area (Å²) in [7, 11) is 0. The SMILES string of the molecule is C#CCCCCC(=O)NCC1(CO)CCCC1. The van der Waals surface area contributed by atoms with Gasteiger partial charge in [-0.15, -0.1) is 12.3 Å². The number of unbranched alkanes of at least 4 members (excludes halogenated alkanes) is 2. The third-order valence-corrected chi connectivity index (χ3v) is 3.64. The van der Waals surface area contributed by atoms with Gasteiger partial charge in [-0.25, -0.2) is 0 Å². The van der Waals surface area contributed by atoms with Gasteiger partial charge in [0.25, 0.3) is 0 Å². The lowest BCUT2D eigenvalue weighted by molar-refractivity contribution is -0.121. The maximum atomic E-state index is 11.6. The summed E-state index contributed by atoms with van der Waals surface area (Å²) in [4.78, 5) is 11.6. The van der Waals surface area contributed by atoms with Gasteiger partial charge in [0.15, 0.2) is 0 Å². The molecule has 0 aromatic carbocycles. The van der Waals surface area contributed by atoms with Crippen LogP contribution in [0.15, 0.2) is 0 Å². The number of aliphatic hydroxyl groups excluding tert-OH is 1. The van der Waals surface area contributed by atoms with Crippen LogP contribution < -0.4 is 5.32 Å². The Kier molecular flexibility index (Phi) is 6.07. The smallest absolute Gasteiger partial charge is 0.220 e. The molecular weight excluding hydrogens is 214 g/mol. The summed E-state index contributed by atoms with van der Waals surface area (Å²) in [6, 6.07) is 0. The lowest BCUT2D eigenvalue weighted by atomic mass is 9.87. The first-order chi connectivity index (χ1) is 8.22. The fourth-order valence-electron chi connectivity index (χ4n) is 2.40. The molecule has 3 nitrogen and oxygen atoms in total. The van der Waals surface area contributed by atoms with Crippen molar-refractivity contribution in [1.29, 1.82) is 0 Å². The molecule has 0 bridgehead atoms. The van der Waals surface area contributed by atoms with Gasteiger partial charge < -0.3 is 10.4 Å². The van der Waals surface area contributed by atoms with Gasteiger partial charge >= 0.3 is 0 Å². The van der Waals surface area contributed by atoms with Crippen LogP contribution in [0.3, 0.4) is 0 Å². The number of aliphatic hydroxyl groups is 1. The van der Waals surface area contributed by atoms with Crippen molar-refractivity contribution >= 4 is 5.91 Å². The Morgan fingerprint density at radius 2 is 2.06 bits per heavy atom. The van der Waals surface area contributed by atoms with Crippen molar-refractivity contribution in [3.8, 4) is 12.3 Å². The number of nitrogens with one attached hydrogen (secondary N) is 1. The van der Waals surface area contributed by atoms with E-state index in [1.165, 1.54) is 12.8 Å². The minimum atomic E-state index is -0.0471. The highest BCUT2D eigenvalue weighted by atomic mass is 16.3. The largest absolute Gasteiger partial charge is 0.396 e. The van der Waals surface area contributed by atoms with E-state index in [1.54, 1.807) is 0 Å². The minimum absolute atomic E-state index is 0.0471. The van der Waals surface area contributed by atoms with E-state index < -0.39 is 0 Å². The van der Waals surface area contributed by atoms with E-state index in [-0.39, 0.29) is 17.9 Å². The summed E-state index contributed by atoms with van der Waals surface area (Å²) >= 11 is 0. The van der Waals surface area contributed by atoms with Crippen LogP contribution in [-0.2, 0) is 4.79 Å². The van der Waals surface area contributed by atoms with Crippen LogP contribution in [0, 0.1) is 17.8 Å². The van der Waals surface area contributed by atoms with Crippen LogP contribution in [0.4, 0.5) is 0 Å². The second kappa shape index (κ2) is 7.34. The van der Waals surface area contributed by atoms with Crippen molar-refractivity contribution in [2.24, 2.45) is 5.41 Å². The predicted octanol–water partition coefficient (Wildman–Crippen LogP) is 1.85. The van der Waals surface area contributed by atoms with Crippen molar-refractivity contribution < 1.29 is 9.90 Å². The van der Waals surface area contributed by atoms with E-state index >= 15 is 0 Å². The van der Waals surface area contributed by atoms with E-state index in [1.807, 2.05) is 0 Å². The number of rotatable bonds is 7. The topological polar surface area (TPSA) is 49.3 Å². The number of hydrogen-bond donors (Lipinski definition) is 2. The molecule has 0 atom stereocenters. The lowest BCUT2D eigenvalue weighted by Gasteiger charge is -2.26. The summed E-state index contributed by atoms with van der Waals surface area (Å²) in [5.41, 5.74) is -0.0471. The van der Waals surface area contributed by atoms with Gasteiger partial charge in [-0.3, -0.25) is 4.79 Å².